The molecule has 4 bridgehead atoms. The molecule has 4 aliphatic carbocycles. The Morgan fingerprint density at radius 2 is 0.864 bits per heavy atom. The zero-order valence-electron chi connectivity index (χ0n) is 32.9. The lowest BCUT2D eigenvalue weighted by atomic mass is 9.48. The summed E-state index contributed by atoms with van der Waals surface area (Å²) in [6.45, 7) is 0. The number of fused-ring (bicyclic) bond motifs is 3. The zero-order valence-corrected chi connectivity index (χ0v) is 32.9. The first kappa shape index (κ1) is 34.4. The minimum atomic E-state index is 0.344. The van der Waals surface area contributed by atoms with Gasteiger partial charge in [-0.15, -0.1) is 0 Å². The van der Waals surface area contributed by atoms with E-state index in [1.807, 2.05) is 24.3 Å². The summed E-state index contributed by atoms with van der Waals surface area (Å²) in [6, 6.07) is 60.3. The SMILES string of the molecule is c1ccc(-c2cc(-c3ccccc3)cc(-c3nc(-c4ccccc4)nc(-c4cc(-c5ccc(C67CC8CC(CC(C8)C6)C7)cc5)c5oc6ccccc6c5c4)n3)c2)cc1. The van der Waals surface area contributed by atoms with Gasteiger partial charge < -0.3 is 4.42 Å². The van der Waals surface area contributed by atoms with Crippen LogP contribution < -0.4 is 0 Å². The Bertz CT molecular complexity index is 2910. The third-order valence-electron chi connectivity index (χ3n) is 13.7. The van der Waals surface area contributed by atoms with Crippen LogP contribution in [0.2, 0.25) is 0 Å². The van der Waals surface area contributed by atoms with Crippen molar-refractivity contribution in [2.75, 3.05) is 0 Å². The number of rotatable bonds is 7. The van der Waals surface area contributed by atoms with Crippen LogP contribution in [-0.4, -0.2) is 15.0 Å². The normalized spacial score (nSPS) is 20.7. The van der Waals surface area contributed by atoms with Gasteiger partial charge in [-0.1, -0.05) is 133 Å². The maximum Gasteiger partial charge on any atom is 0.164 e. The molecule has 0 atom stereocenters. The number of benzene rings is 7. The van der Waals surface area contributed by atoms with Crippen molar-refractivity contribution in [1.82, 2.24) is 15.0 Å². The van der Waals surface area contributed by atoms with E-state index < -0.39 is 0 Å². The first-order valence-corrected chi connectivity index (χ1v) is 21.3. The van der Waals surface area contributed by atoms with Crippen molar-refractivity contribution in [2.24, 2.45) is 17.8 Å². The van der Waals surface area contributed by atoms with Crippen molar-refractivity contribution >= 4 is 21.9 Å². The fourth-order valence-corrected chi connectivity index (χ4v) is 11.3. The molecule has 2 heterocycles. The Labute approximate surface area is 344 Å². The van der Waals surface area contributed by atoms with Gasteiger partial charge in [0.15, 0.2) is 17.5 Å². The topological polar surface area (TPSA) is 51.8 Å². The number of hydrogen-bond acceptors (Lipinski definition) is 4. The molecule has 4 heteroatoms. The van der Waals surface area contributed by atoms with E-state index in [0.717, 1.165) is 89.8 Å². The highest BCUT2D eigenvalue weighted by Crippen LogP contribution is 2.61. The predicted octanol–water partition coefficient (Wildman–Crippen LogP) is 14.2. The molecule has 59 heavy (non-hydrogen) atoms. The Morgan fingerprint density at radius 1 is 0.390 bits per heavy atom. The van der Waals surface area contributed by atoms with Crippen LogP contribution in [0.3, 0.4) is 0 Å². The first-order valence-electron chi connectivity index (χ1n) is 21.3. The van der Waals surface area contributed by atoms with Crippen molar-refractivity contribution in [2.45, 2.75) is 43.9 Å². The summed E-state index contributed by atoms with van der Waals surface area (Å²) in [5, 5.41) is 2.13. The molecule has 9 aromatic rings. The van der Waals surface area contributed by atoms with Crippen LogP contribution in [-0.2, 0) is 5.41 Å². The summed E-state index contributed by atoms with van der Waals surface area (Å²) in [6.07, 6.45) is 8.42. The average molecular weight is 762 g/mol. The molecular formula is C55H43N3O. The van der Waals surface area contributed by atoms with E-state index in [1.54, 1.807) is 0 Å². The quantitative estimate of drug-likeness (QED) is 0.162. The van der Waals surface area contributed by atoms with Crippen LogP contribution in [0.4, 0.5) is 0 Å². The fourth-order valence-electron chi connectivity index (χ4n) is 11.3. The second-order valence-electron chi connectivity index (χ2n) is 17.5. The minimum absolute atomic E-state index is 0.344. The molecule has 0 saturated heterocycles. The van der Waals surface area contributed by atoms with Crippen LogP contribution >= 0.6 is 0 Å². The lowest BCUT2D eigenvalue weighted by molar-refractivity contribution is -0.00518. The molecule has 0 aliphatic heterocycles. The van der Waals surface area contributed by atoms with Gasteiger partial charge in [-0.3, -0.25) is 0 Å². The Kier molecular flexibility index (Phi) is 8.01. The lowest BCUT2D eigenvalue weighted by Crippen LogP contribution is -2.48. The molecule has 4 nitrogen and oxygen atoms in total. The molecule has 0 N–H and O–H groups in total. The number of aromatic nitrogens is 3. The predicted molar refractivity (Wildman–Crippen MR) is 240 cm³/mol. The van der Waals surface area contributed by atoms with Crippen LogP contribution in [0.15, 0.2) is 174 Å². The molecule has 4 fully saturated rings. The van der Waals surface area contributed by atoms with Crippen LogP contribution in [0.25, 0.3) is 89.5 Å². The Balaban J connectivity index is 1.04. The maximum absolute atomic E-state index is 6.70. The van der Waals surface area contributed by atoms with Crippen LogP contribution in [0, 0.1) is 17.8 Å². The summed E-state index contributed by atoms with van der Waals surface area (Å²) in [5.41, 5.74) is 13.1. The van der Waals surface area contributed by atoms with Gasteiger partial charge >= 0.3 is 0 Å². The van der Waals surface area contributed by atoms with E-state index in [1.165, 1.54) is 44.1 Å². The molecule has 4 saturated carbocycles. The Hall–Kier alpha value is -6.65. The summed E-state index contributed by atoms with van der Waals surface area (Å²) < 4.78 is 6.70. The van der Waals surface area contributed by atoms with Gasteiger partial charge in [0.2, 0.25) is 0 Å². The van der Waals surface area contributed by atoms with E-state index in [-0.39, 0.29) is 0 Å². The van der Waals surface area contributed by atoms with Crippen molar-refractivity contribution in [3.63, 3.8) is 0 Å². The monoisotopic (exact) mass is 761 g/mol. The van der Waals surface area contributed by atoms with Gasteiger partial charge in [-0.2, -0.15) is 0 Å². The zero-order chi connectivity index (χ0) is 38.9. The molecule has 0 unspecified atom stereocenters. The standard InChI is InChI=1S/C55H43N3O/c1-4-12-38(13-5-1)42-27-43(39-14-6-2-7-15-39)29-44(28-42)53-56-52(41-16-8-3-9-17-41)57-54(58-53)45-30-48(51-49(31-45)47-18-10-11-19-50(47)59-51)40-20-22-46(23-21-40)55-32-35-24-36(33-55)26-37(25-35)34-55/h1-23,27-31,35-37H,24-26,32-34H2. The fraction of sp³-hybridized carbons (Fsp3) is 0.182. The van der Waals surface area contributed by atoms with E-state index in [2.05, 4.69) is 146 Å². The van der Waals surface area contributed by atoms with Crippen LogP contribution in [0.1, 0.15) is 44.1 Å². The van der Waals surface area contributed by atoms with Crippen molar-refractivity contribution < 1.29 is 4.42 Å². The second kappa shape index (κ2) is 13.7. The molecule has 13 rings (SSSR count). The molecule has 0 radical (unpaired) electrons. The van der Waals surface area contributed by atoms with Crippen molar-refractivity contribution in [1.29, 1.82) is 0 Å². The van der Waals surface area contributed by atoms with Gasteiger partial charge in [0.05, 0.1) is 0 Å². The van der Waals surface area contributed by atoms with Gasteiger partial charge in [0.25, 0.3) is 0 Å². The summed E-state index contributed by atoms with van der Waals surface area (Å²) in [4.78, 5) is 15.8. The third-order valence-corrected chi connectivity index (χ3v) is 13.7. The van der Waals surface area contributed by atoms with Gasteiger partial charge in [0.1, 0.15) is 11.2 Å². The van der Waals surface area contributed by atoms with Gasteiger partial charge in [-0.25, -0.2) is 15.0 Å². The van der Waals surface area contributed by atoms with Crippen LogP contribution in [0.5, 0.6) is 0 Å². The van der Waals surface area contributed by atoms with E-state index in [9.17, 15) is 0 Å². The Morgan fingerprint density at radius 3 is 1.44 bits per heavy atom. The minimum Gasteiger partial charge on any atom is -0.455 e. The average Bonchev–Trinajstić information content (AvgIpc) is 3.68. The van der Waals surface area contributed by atoms with Gasteiger partial charge in [-0.05, 0) is 131 Å². The maximum atomic E-state index is 6.70. The number of para-hydroxylation sites is 1. The smallest absolute Gasteiger partial charge is 0.164 e. The number of hydrogen-bond donors (Lipinski definition) is 0. The summed E-state index contributed by atoms with van der Waals surface area (Å²) >= 11 is 0. The molecule has 4 aliphatic rings. The molecule has 0 spiro atoms. The highest BCUT2D eigenvalue weighted by molar-refractivity contribution is 6.11. The van der Waals surface area contributed by atoms with Crippen molar-refractivity contribution in [3.05, 3.63) is 175 Å². The molecule has 2 aromatic heterocycles. The molecule has 0 amide bonds. The van der Waals surface area contributed by atoms with E-state index in [0.29, 0.717) is 22.9 Å². The molecule has 7 aromatic carbocycles. The number of nitrogens with zero attached hydrogens (tertiary/aromatic N) is 3. The van der Waals surface area contributed by atoms with E-state index in [4.69, 9.17) is 19.4 Å². The highest BCUT2D eigenvalue weighted by atomic mass is 16.3. The lowest BCUT2D eigenvalue weighted by Gasteiger charge is -2.57. The molecule has 284 valence electrons. The van der Waals surface area contributed by atoms with Crippen molar-refractivity contribution in [3.8, 4) is 67.5 Å². The summed E-state index contributed by atoms with van der Waals surface area (Å²) in [5.74, 6) is 4.61. The van der Waals surface area contributed by atoms with Gasteiger partial charge in [0, 0.05) is 33.0 Å². The largest absolute Gasteiger partial charge is 0.455 e. The second-order valence-corrected chi connectivity index (χ2v) is 17.5. The van der Waals surface area contributed by atoms with E-state index >= 15 is 0 Å². The third kappa shape index (κ3) is 6.09. The molecular weight excluding hydrogens is 719 g/mol. The first-order chi connectivity index (χ1) is 29.1. The summed E-state index contributed by atoms with van der Waals surface area (Å²) in [7, 11) is 0. The highest BCUT2D eigenvalue weighted by Gasteiger charge is 2.51. The number of furan rings is 1.